The number of nitrogens with one attached hydrogen (secondary N) is 1. The lowest BCUT2D eigenvalue weighted by Gasteiger charge is -2.26. The van der Waals surface area contributed by atoms with Gasteiger partial charge in [0.15, 0.2) is 0 Å². The second-order valence-corrected chi connectivity index (χ2v) is 5.88. The molecule has 0 aromatic heterocycles. The van der Waals surface area contributed by atoms with E-state index in [-0.39, 0.29) is 0 Å². The molecule has 1 aliphatic carbocycles. The summed E-state index contributed by atoms with van der Waals surface area (Å²) in [7, 11) is 0. The fourth-order valence-corrected chi connectivity index (χ4v) is 2.68. The second kappa shape index (κ2) is 8.43. The Labute approximate surface area is 123 Å². The van der Waals surface area contributed by atoms with E-state index in [1.54, 1.807) is 0 Å². The van der Waals surface area contributed by atoms with Crippen molar-refractivity contribution >= 4 is 0 Å². The molecule has 2 nitrogen and oxygen atoms in total. The fourth-order valence-electron chi connectivity index (χ4n) is 2.68. The minimum Gasteiger partial charge on any atom is -0.379 e. The van der Waals surface area contributed by atoms with E-state index in [0.717, 1.165) is 38.5 Å². The van der Waals surface area contributed by atoms with Gasteiger partial charge in [0.25, 0.3) is 0 Å². The average Bonchev–Trinajstić information content (AvgIpc) is 2.42. The summed E-state index contributed by atoms with van der Waals surface area (Å²) in [5.74, 6) is 0.822. The van der Waals surface area contributed by atoms with E-state index >= 15 is 0 Å². The Hall–Kier alpha value is -0.860. The van der Waals surface area contributed by atoms with Crippen LogP contribution in [0.3, 0.4) is 0 Å². The van der Waals surface area contributed by atoms with Crippen molar-refractivity contribution in [3.63, 3.8) is 0 Å². The molecule has 1 saturated carbocycles. The van der Waals surface area contributed by atoms with Gasteiger partial charge in [-0.05, 0) is 49.3 Å². The highest BCUT2D eigenvalue weighted by Crippen LogP contribution is 2.36. The Morgan fingerprint density at radius 3 is 2.45 bits per heavy atom. The molecule has 112 valence electrons. The van der Waals surface area contributed by atoms with E-state index in [4.69, 9.17) is 4.74 Å². The molecule has 0 aliphatic heterocycles. The average molecular weight is 275 g/mol. The summed E-state index contributed by atoms with van der Waals surface area (Å²) in [5.41, 5.74) is 2.88. The van der Waals surface area contributed by atoms with Crippen LogP contribution in [0.5, 0.6) is 0 Å². The quantitative estimate of drug-likeness (QED) is 0.674. The van der Waals surface area contributed by atoms with Gasteiger partial charge in [-0.25, -0.2) is 0 Å². The summed E-state index contributed by atoms with van der Waals surface area (Å²) < 4.78 is 5.74. The normalized spacial score (nSPS) is 16.9. The first-order chi connectivity index (χ1) is 9.85. The number of hydrogen-bond donors (Lipinski definition) is 1. The van der Waals surface area contributed by atoms with Gasteiger partial charge in [-0.2, -0.15) is 0 Å². The van der Waals surface area contributed by atoms with Crippen LogP contribution in [-0.4, -0.2) is 19.8 Å². The molecule has 0 spiro atoms. The molecule has 0 saturated heterocycles. The van der Waals surface area contributed by atoms with E-state index in [0.29, 0.717) is 6.04 Å². The van der Waals surface area contributed by atoms with Crippen LogP contribution in [0.1, 0.15) is 69.0 Å². The van der Waals surface area contributed by atoms with Gasteiger partial charge in [0.05, 0.1) is 12.6 Å². The van der Waals surface area contributed by atoms with E-state index in [1.807, 2.05) is 0 Å². The summed E-state index contributed by atoms with van der Waals surface area (Å²) in [5, 5.41) is 3.60. The molecule has 1 aromatic carbocycles. The zero-order valence-corrected chi connectivity index (χ0v) is 13.0. The number of ether oxygens (including phenoxy) is 1. The van der Waals surface area contributed by atoms with Gasteiger partial charge in [0.2, 0.25) is 0 Å². The van der Waals surface area contributed by atoms with Gasteiger partial charge in [0, 0.05) is 6.61 Å². The largest absolute Gasteiger partial charge is 0.379 e. The van der Waals surface area contributed by atoms with Crippen LogP contribution in [0.15, 0.2) is 24.3 Å². The molecule has 1 aliphatic rings. The van der Waals surface area contributed by atoms with Crippen LogP contribution in [0.2, 0.25) is 0 Å². The van der Waals surface area contributed by atoms with Gasteiger partial charge in [-0.1, -0.05) is 44.5 Å². The summed E-state index contributed by atoms with van der Waals surface area (Å²) in [6.45, 7) is 7.03. The maximum atomic E-state index is 5.74. The van der Waals surface area contributed by atoms with Crippen LogP contribution in [0, 0.1) is 0 Å². The lowest BCUT2D eigenvalue weighted by Crippen LogP contribution is -2.26. The highest BCUT2D eigenvalue weighted by molar-refractivity contribution is 5.28. The Kier molecular flexibility index (Phi) is 6.55. The third-order valence-electron chi connectivity index (χ3n) is 4.19. The third kappa shape index (κ3) is 4.32. The molecule has 2 heteroatoms. The SMILES string of the molecule is CCCNC(COCCC)c1ccc(C2CCC2)cc1. The molecule has 20 heavy (non-hydrogen) atoms. The zero-order chi connectivity index (χ0) is 14.2. The third-order valence-corrected chi connectivity index (χ3v) is 4.19. The van der Waals surface area contributed by atoms with Crippen molar-refractivity contribution in [2.75, 3.05) is 19.8 Å². The monoisotopic (exact) mass is 275 g/mol. The predicted molar refractivity (Wildman–Crippen MR) is 85.2 cm³/mol. The molecule has 0 radical (unpaired) electrons. The first kappa shape index (κ1) is 15.5. The minimum absolute atomic E-state index is 0.331. The van der Waals surface area contributed by atoms with Crippen LogP contribution < -0.4 is 5.32 Å². The van der Waals surface area contributed by atoms with Crippen molar-refractivity contribution in [3.05, 3.63) is 35.4 Å². The van der Waals surface area contributed by atoms with Crippen molar-refractivity contribution in [2.24, 2.45) is 0 Å². The van der Waals surface area contributed by atoms with Crippen LogP contribution >= 0.6 is 0 Å². The van der Waals surface area contributed by atoms with Crippen LogP contribution in [0.25, 0.3) is 0 Å². The number of rotatable bonds is 9. The van der Waals surface area contributed by atoms with Gasteiger partial charge >= 0.3 is 0 Å². The Bertz CT molecular complexity index is 370. The summed E-state index contributed by atoms with van der Waals surface area (Å²) in [4.78, 5) is 0. The van der Waals surface area contributed by atoms with Gasteiger partial charge in [-0.15, -0.1) is 0 Å². The van der Waals surface area contributed by atoms with Gasteiger partial charge in [-0.3, -0.25) is 0 Å². The molecule has 0 heterocycles. The highest BCUT2D eigenvalue weighted by atomic mass is 16.5. The van der Waals surface area contributed by atoms with Crippen molar-refractivity contribution < 1.29 is 4.74 Å². The Morgan fingerprint density at radius 1 is 1.15 bits per heavy atom. The molecular weight excluding hydrogens is 246 g/mol. The molecule has 1 fully saturated rings. The lowest BCUT2D eigenvalue weighted by molar-refractivity contribution is 0.112. The zero-order valence-electron chi connectivity index (χ0n) is 13.0. The van der Waals surface area contributed by atoms with E-state index < -0.39 is 0 Å². The first-order valence-electron chi connectivity index (χ1n) is 8.26. The van der Waals surface area contributed by atoms with Crippen LogP contribution in [0.4, 0.5) is 0 Å². The topological polar surface area (TPSA) is 21.3 Å². The number of hydrogen-bond acceptors (Lipinski definition) is 2. The standard InChI is InChI=1S/C18H29NO/c1-3-12-19-18(14-20-13-4-2)17-10-8-16(9-11-17)15-6-5-7-15/h8-11,15,18-19H,3-7,12-14H2,1-2H3. The van der Waals surface area contributed by atoms with Crippen molar-refractivity contribution in [2.45, 2.75) is 57.9 Å². The molecule has 1 unspecified atom stereocenters. The number of benzene rings is 1. The summed E-state index contributed by atoms with van der Waals surface area (Å²) in [6, 6.07) is 9.54. The first-order valence-corrected chi connectivity index (χ1v) is 8.26. The second-order valence-electron chi connectivity index (χ2n) is 5.88. The minimum atomic E-state index is 0.331. The summed E-state index contributed by atoms with van der Waals surface area (Å²) >= 11 is 0. The van der Waals surface area contributed by atoms with Gasteiger partial charge < -0.3 is 10.1 Å². The molecular formula is C18H29NO. The highest BCUT2D eigenvalue weighted by Gasteiger charge is 2.19. The van der Waals surface area contributed by atoms with E-state index in [1.165, 1.54) is 30.4 Å². The molecule has 0 amide bonds. The molecule has 0 bridgehead atoms. The molecule has 2 rings (SSSR count). The Balaban J connectivity index is 1.94. The Morgan fingerprint density at radius 2 is 1.90 bits per heavy atom. The molecule has 1 aromatic rings. The van der Waals surface area contributed by atoms with Crippen LogP contribution in [-0.2, 0) is 4.74 Å². The molecule has 1 N–H and O–H groups in total. The summed E-state index contributed by atoms with van der Waals surface area (Å²) in [6.07, 6.45) is 6.39. The van der Waals surface area contributed by atoms with Gasteiger partial charge in [0.1, 0.15) is 0 Å². The van der Waals surface area contributed by atoms with Crippen molar-refractivity contribution in [3.8, 4) is 0 Å². The fraction of sp³-hybridized carbons (Fsp3) is 0.667. The lowest BCUT2D eigenvalue weighted by atomic mass is 9.80. The molecule has 1 atom stereocenters. The maximum Gasteiger partial charge on any atom is 0.0661 e. The van der Waals surface area contributed by atoms with Crippen molar-refractivity contribution in [1.82, 2.24) is 5.32 Å². The van der Waals surface area contributed by atoms with E-state index in [9.17, 15) is 0 Å². The van der Waals surface area contributed by atoms with Crippen molar-refractivity contribution in [1.29, 1.82) is 0 Å². The van der Waals surface area contributed by atoms with E-state index in [2.05, 4.69) is 43.4 Å². The predicted octanol–water partition coefficient (Wildman–Crippen LogP) is 4.42. The maximum absolute atomic E-state index is 5.74. The smallest absolute Gasteiger partial charge is 0.0661 e.